The summed E-state index contributed by atoms with van der Waals surface area (Å²) in [5.41, 5.74) is 7.00. The summed E-state index contributed by atoms with van der Waals surface area (Å²) in [4.78, 5) is 6.15. The third-order valence-electron chi connectivity index (χ3n) is 8.18. The molecule has 0 N–H and O–H groups in total. The van der Waals surface area contributed by atoms with E-state index in [1.54, 1.807) is 7.11 Å². The van der Waals surface area contributed by atoms with Crippen molar-refractivity contribution in [2.24, 2.45) is 0 Å². The molecule has 0 aliphatic rings. The van der Waals surface area contributed by atoms with Gasteiger partial charge < -0.3 is 9.64 Å². The van der Waals surface area contributed by atoms with Crippen molar-refractivity contribution in [2.75, 3.05) is 12.0 Å². The number of nitriles is 1. The topological polar surface area (TPSA) is 40.6 Å². The van der Waals surface area contributed by atoms with Crippen molar-refractivity contribution in [3.8, 4) is 11.8 Å². The van der Waals surface area contributed by atoms with E-state index >= 15 is 0 Å². The second-order valence-electron chi connectivity index (χ2n) is 12.0. The van der Waals surface area contributed by atoms with Crippen molar-refractivity contribution in [1.29, 1.82) is 5.26 Å². The van der Waals surface area contributed by atoms with Crippen molar-refractivity contribution in [3.63, 3.8) is 0 Å². The van der Waals surface area contributed by atoms with E-state index in [2.05, 4.69) is 115 Å². The number of fused-ring (bicyclic) bond motifs is 2. The minimum Gasteiger partial charge on any atom is -0.497 e. The Labute approximate surface area is 264 Å². The molecule has 45 heavy (non-hydrogen) atoms. The van der Waals surface area contributed by atoms with E-state index in [0.29, 0.717) is 11.3 Å². The average molecular weight is 584 g/mol. The Balaban J connectivity index is 1.37. The van der Waals surface area contributed by atoms with Crippen LogP contribution in [-0.2, 0) is 5.41 Å². The van der Waals surface area contributed by atoms with Gasteiger partial charge >= 0.3 is 0 Å². The maximum absolute atomic E-state index is 10.00. The molecule has 6 aromatic rings. The summed E-state index contributed by atoms with van der Waals surface area (Å²) in [5, 5.41) is 14.0. The molecule has 0 bridgehead atoms. The fraction of sp³-hybridized carbons (Fsp3) is 0.122. The van der Waals surface area contributed by atoms with Crippen molar-refractivity contribution < 1.29 is 4.74 Å². The number of nitrogens with zero attached hydrogens (tertiary/aromatic N) is 3. The molecule has 4 heteroatoms. The largest absolute Gasteiger partial charge is 0.497 e. The molecule has 218 valence electrons. The molecule has 0 amide bonds. The van der Waals surface area contributed by atoms with Gasteiger partial charge in [-0.2, -0.15) is 5.26 Å². The molecule has 6 rings (SSSR count). The Morgan fingerprint density at radius 1 is 0.733 bits per heavy atom. The number of rotatable bonds is 6. The van der Waals surface area contributed by atoms with E-state index in [1.165, 1.54) is 5.39 Å². The van der Waals surface area contributed by atoms with Crippen LogP contribution in [0.5, 0.6) is 5.75 Å². The molecular formula is C41H33N3O. The molecule has 0 aliphatic carbocycles. The van der Waals surface area contributed by atoms with Gasteiger partial charge in [0.25, 0.3) is 0 Å². The smallest absolute Gasteiger partial charge is 0.202 e. The molecule has 0 radical (unpaired) electrons. The van der Waals surface area contributed by atoms with Crippen LogP contribution in [-0.4, -0.2) is 7.11 Å². The Kier molecular flexibility index (Phi) is 7.82. The molecule has 4 nitrogen and oxygen atoms in total. The number of ether oxygens (including phenoxy) is 1. The van der Waals surface area contributed by atoms with Crippen LogP contribution < -0.4 is 9.64 Å². The highest BCUT2D eigenvalue weighted by atomic mass is 16.5. The van der Waals surface area contributed by atoms with E-state index in [4.69, 9.17) is 11.3 Å². The lowest BCUT2D eigenvalue weighted by Crippen LogP contribution is -2.13. The first-order chi connectivity index (χ1) is 21.8. The fourth-order valence-corrected chi connectivity index (χ4v) is 5.89. The molecule has 6 aromatic carbocycles. The normalized spacial score (nSPS) is 11.4. The Bertz CT molecular complexity index is 2130. The van der Waals surface area contributed by atoms with Gasteiger partial charge in [0.05, 0.1) is 24.9 Å². The first-order valence-electron chi connectivity index (χ1n) is 14.9. The number of hydrogen-bond acceptors (Lipinski definition) is 3. The highest BCUT2D eigenvalue weighted by Gasteiger charge is 2.21. The minimum absolute atomic E-state index is 0.168. The van der Waals surface area contributed by atoms with Crippen LogP contribution in [0.15, 0.2) is 115 Å². The van der Waals surface area contributed by atoms with Crippen molar-refractivity contribution in [3.05, 3.63) is 149 Å². The van der Waals surface area contributed by atoms with Crippen molar-refractivity contribution in [2.45, 2.75) is 26.2 Å². The summed E-state index contributed by atoms with van der Waals surface area (Å²) in [7, 11) is 1.68. The van der Waals surface area contributed by atoms with Crippen LogP contribution in [0.2, 0.25) is 0 Å². The third-order valence-corrected chi connectivity index (χ3v) is 8.18. The van der Waals surface area contributed by atoms with Gasteiger partial charge in [-0.1, -0.05) is 106 Å². The maximum atomic E-state index is 10.00. The Morgan fingerprint density at radius 3 is 2.07 bits per heavy atom. The number of hydrogen-bond donors (Lipinski definition) is 0. The zero-order chi connectivity index (χ0) is 31.6. The van der Waals surface area contributed by atoms with E-state index in [9.17, 15) is 5.26 Å². The van der Waals surface area contributed by atoms with E-state index in [-0.39, 0.29) is 5.41 Å². The first kappa shape index (κ1) is 29.2. The molecule has 0 spiro atoms. The van der Waals surface area contributed by atoms with Gasteiger partial charge in [0.1, 0.15) is 11.8 Å². The van der Waals surface area contributed by atoms with Gasteiger partial charge in [0.2, 0.25) is 5.69 Å². The predicted molar refractivity (Wildman–Crippen MR) is 188 cm³/mol. The first-order valence-corrected chi connectivity index (χ1v) is 14.9. The zero-order valence-corrected chi connectivity index (χ0v) is 25.9. The van der Waals surface area contributed by atoms with Gasteiger partial charge in [-0.3, -0.25) is 0 Å². The molecule has 0 fully saturated rings. The zero-order valence-electron chi connectivity index (χ0n) is 25.9. The lowest BCUT2D eigenvalue weighted by atomic mass is 9.82. The van der Waals surface area contributed by atoms with Gasteiger partial charge in [-0.15, -0.1) is 0 Å². The van der Waals surface area contributed by atoms with Gasteiger partial charge in [-0.05, 0) is 80.7 Å². The fourth-order valence-electron chi connectivity index (χ4n) is 5.89. The molecule has 0 heterocycles. The standard InChI is InChI=1S/C41H33N3O/c1-41(2,3)38-26-25-36-35(37(38)27-42)24-17-30(40(36)43-4)16-13-28-14-18-31(19-15-28)44(32-20-22-33(45-5)23-21-32)39-12-8-10-29-9-6-7-11-34(29)39/h6-26H,1-3,5H3. The lowest BCUT2D eigenvalue weighted by Gasteiger charge is -2.27. The summed E-state index contributed by atoms with van der Waals surface area (Å²) < 4.78 is 5.42. The van der Waals surface area contributed by atoms with Gasteiger partial charge in [0.15, 0.2) is 0 Å². The van der Waals surface area contributed by atoms with Crippen molar-refractivity contribution in [1.82, 2.24) is 0 Å². The summed E-state index contributed by atoms with van der Waals surface area (Å²) >= 11 is 0. The number of methoxy groups -OCH3 is 1. The second-order valence-corrected chi connectivity index (χ2v) is 12.0. The highest BCUT2D eigenvalue weighted by molar-refractivity contribution is 6.03. The number of benzene rings is 6. The quantitative estimate of drug-likeness (QED) is 0.145. The number of anilines is 3. The molecule has 0 atom stereocenters. The van der Waals surface area contributed by atoms with Crippen LogP contribution in [0.3, 0.4) is 0 Å². The average Bonchev–Trinajstić information content (AvgIpc) is 3.07. The molecular weight excluding hydrogens is 550 g/mol. The summed E-state index contributed by atoms with van der Waals surface area (Å²) in [5.74, 6) is 0.808. The maximum Gasteiger partial charge on any atom is 0.202 e. The molecule has 0 aromatic heterocycles. The van der Waals surface area contributed by atoms with E-state index in [1.807, 2.05) is 48.6 Å². The minimum atomic E-state index is -0.168. The highest BCUT2D eigenvalue weighted by Crippen LogP contribution is 2.40. The Morgan fingerprint density at radius 2 is 1.40 bits per heavy atom. The van der Waals surface area contributed by atoms with Gasteiger partial charge in [0, 0.05) is 16.8 Å². The van der Waals surface area contributed by atoms with Crippen LogP contribution in [0, 0.1) is 17.9 Å². The molecule has 0 saturated heterocycles. The van der Waals surface area contributed by atoms with Gasteiger partial charge in [-0.25, -0.2) is 4.85 Å². The summed E-state index contributed by atoms with van der Waals surface area (Å²) in [6.07, 6.45) is 4.02. The van der Waals surface area contributed by atoms with E-state index < -0.39 is 0 Å². The van der Waals surface area contributed by atoms with Crippen LogP contribution >= 0.6 is 0 Å². The van der Waals surface area contributed by atoms with Crippen molar-refractivity contribution >= 4 is 56.4 Å². The Hall–Kier alpha value is -5.84. The third kappa shape index (κ3) is 5.63. The summed E-state index contributed by atoms with van der Waals surface area (Å²) in [6.45, 7) is 14.3. The summed E-state index contributed by atoms with van der Waals surface area (Å²) in [6, 6.07) is 41.6. The predicted octanol–water partition coefficient (Wildman–Crippen LogP) is 11.4. The molecule has 0 saturated carbocycles. The SMILES string of the molecule is [C-]#[N+]c1c(C=Cc2ccc(N(c3ccc(OC)cc3)c3cccc4ccccc34)cc2)ccc2c(C#N)c(C(C)(C)C)ccc12. The van der Waals surface area contributed by atoms with E-state index in [0.717, 1.165) is 55.7 Å². The van der Waals surface area contributed by atoms with Crippen LogP contribution in [0.1, 0.15) is 43.0 Å². The molecule has 0 unspecified atom stereocenters. The monoisotopic (exact) mass is 583 g/mol. The van der Waals surface area contributed by atoms with Crippen LogP contribution in [0.25, 0.3) is 38.5 Å². The molecule has 0 aliphatic heterocycles. The lowest BCUT2D eigenvalue weighted by molar-refractivity contribution is 0.415. The second kappa shape index (κ2) is 12.0. The van der Waals surface area contributed by atoms with Crippen LogP contribution in [0.4, 0.5) is 22.7 Å².